The van der Waals surface area contributed by atoms with Crippen molar-refractivity contribution in [1.82, 2.24) is 0 Å². The van der Waals surface area contributed by atoms with E-state index >= 15 is 0 Å². The Morgan fingerprint density at radius 3 is 2.55 bits per heavy atom. The smallest absolute Gasteiger partial charge is 0.139 e. The number of fused-ring (bicyclic) bond motifs is 5. The van der Waals surface area contributed by atoms with Gasteiger partial charge >= 0.3 is 0 Å². The van der Waals surface area contributed by atoms with Gasteiger partial charge in [0.2, 0.25) is 0 Å². The predicted molar refractivity (Wildman–Crippen MR) is 84.1 cm³/mol. The molecule has 0 heterocycles. The van der Waals surface area contributed by atoms with Gasteiger partial charge in [-0.05, 0) is 74.0 Å². The number of aliphatic hydroxyl groups excluding tert-OH is 2. The number of hydrogen-bond donors (Lipinski definition) is 2. The number of hydrogen-bond acceptors (Lipinski definition) is 3. The number of ketones is 1. The van der Waals surface area contributed by atoms with Crippen molar-refractivity contribution in [2.75, 3.05) is 0 Å². The van der Waals surface area contributed by atoms with Crippen LogP contribution in [0.4, 0.5) is 0 Å². The van der Waals surface area contributed by atoms with Crippen LogP contribution in [-0.2, 0) is 4.79 Å². The van der Waals surface area contributed by atoms with E-state index in [9.17, 15) is 15.0 Å². The number of carbonyl (C=O) groups excluding carboxylic acids is 1. The molecule has 4 rings (SSSR count). The van der Waals surface area contributed by atoms with Crippen molar-refractivity contribution >= 4 is 5.78 Å². The monoisotopic (exact) mass is 306 g/mol. The molecule has 4 aliphatic rings. The van der Waals surface area contributed by atoms with Crippen LogP contribution in [0.2, 0.25) is 0 Å². The topological polar surface area (TPSA) is 57.5 Å². The Labute approximate surface area is 133 Å². The molecule has 3 heteroatoms. The fourth-order valence-electron chi connectivity index (χ4n) is 6.97. The van der Waals surface area contributed by atoms with E-state index in [0.29, 0.717) is 29.5 Å². The van der Waals surface area contributed by atoms with E-state index in [1.807, 2.05) is 0 Å². The van der Waals surface area contributed by atoms with Crippen molar-refractivity contribution in [2.24, 2.45) is 34.5 Å². The minimum atomic E-state index is -0.274. The van der Waals surface area contributed by atoms with Gasteiger partial charge in [-0.15, -0.1) is 0 Å². The van der Waals surface area contributed by atoms with Gasteiger partial charge < -0.3 is 10.2 Å². The third-order valence-corrected chi connectivity index (χ3v) is 8.36. The summed E-state index contributed by atoms with van der Waals surface area (Å²) in [5.74, 6) is 2.13. The minimum Gasteiger partial charge on any atom is -0.393 e. The Kier molecular flexibility index (Phi) is 3.30. The molecule has 0 aromatic heterocycles. The number of aliphatic hydroxyl groups is 2. The summed E-state index contributed by atoms with van der Waals surface area (Å²) in [6, 6.07) is 0. The Hall–Kier alpha value is -0.410. The lowest BCUT2D eigenvalue weighted by Gasteiger charge is -2.61. The van der Waals surface area contributed by atoms with Crippen LogP contribution in [-0.4, -0.2) is 28.2 Å². The van der Waals surface area contributed by atoms with Crippen LogP contribution in [0.1, 0.15) is 65.2 Å². The van der Waals surface area contributed by atoms with Gasteiger partial charge in [0, 0.05) is 11.8 Å². The highest BCUT2D eigenvalue weighted by Crippen LogP contribution is 2.65. The van der Waals surface area contributed by atoms with E-state index in [0.717, 1.165) is 51.4 Å². The molecular weight excluding hydrogens is 276 g/mol. The maximum absolute atomic E-state index is 12.4. The molecule has 4 fully saturated rings. The van der Waals surface area contributed by atoms with E-state index in [2.05, 4.69) is 13.8 Å². The SMILES string of the molecule is C[C@]12CCC(O)CC1CC(O)[C@@H]1[C@H]2CC[C@]2(C)C(=O)CC[C@@H]12. The molecule has 0 bridgehead atoms. The van der Waals surface area contributed by atoms with E-state index in [4.69, 9.17) is 0 Å². The summed E-state index contributed by atoms with van der Waals surface area (Å²) in [5.41, 5.74) is 0.0929. The van der Waals surface area contributed by atoms with Crippen LogP contribution in [0.5, 0.6) is 0 Å². The highest BCUT2D eigenvalue weighted by molar-refractivity contribution is 5.87. The zero-order chi connectivity index (χ0) is 15.7. The zero-order valence-corrected chi connectivity index (χ0v) is 13.9. The van der Waals surface area contributed by atoms with Crippen LogP contribution >= 0.6 is 0 Å². The van der Waals surface area contributed by atoms with Gasteiger partial charge in [-0.3, -0.25) is 4.79 Å². The summed E-state index contributed by atoms with van der Waals surface area (Å²) in [6.45, 7) is 4.57. The molecule has 0 aromatic carbocycles. The molecule has 0 saturated heterocycles. The second-order valence-corrected chi connectivity index (χ2v) is 9.14. The molecule has 0 spiro atoms. The second kappa shape index (κ2) is 4.80. The van der Waals surface area contributed by atoms with E-state index in [-0.39, 0.29) is 23.0 Å². The molecule has 2 N–H and O–H groups in total. The first-order valence-electron chi connectivity index (χ1n) is 9.25. The van der Waals surface area contributed by atoms with Gasteiger partial charge in [-0.25, -0.2) is 0 Å². The van der Waals surface area contributed by atoms with E-state index in [1.54, 1.807) is 0 Å². The standard InChI is InChI=1S/C19H30O3/c1-18-7-5-12(20)9-11(18)10-15(21)17-13-3-4-16(22)19(13,2)8-6-14(17)18/h11-15,17,20-21H,3-10H2,1-2H3/t11?,12?,13-,14+,15?,17-,18-,19-/m0/s1. The molecule has 4 saturated carbocycles. The number of carbonyl (C=O) groups is 1. The van der Waals surface area contributed by atoms with Crippen LogP contribution < -0.4 is 0 Å². The van der Waals surface area contributed by atoms with Crippen LogP contribution in [0.3, 0.4) is 0 Å². The molecule has 0 radical (unpaired) electrons. The van der Waals surface area contributed by atoms with Gasteiger partial charge in [0.25, 0.3) is 0 Å². The van der Waals surface area contributed by atoms with Crippen LogP contribution in [0.15, 0.2) is 0 Å². The molecular formula is C19H30O3. The van der Waals surface area contributed by atoms with Crippen molar-refractivity contribution in [3.05, 3.63) is 0 Å². The average molecular weight is 306 g/mol. The third kappa shape index (κ3) is 1.84. The lowest BCUT2D eigenvalue weighted by molar-refractivity contribution is -0.171. The first-order valence-corrected chi connectivity index (χ1v) is 9.25. The van der Waals surface area contributed by atoms with Crippen molar-refractivity contribution < 1.29 is 15.0 Å². The van der Waals surface area contributed by atoms with Gasteiger partial charge in [0.1, 0.15) is 5.78 Å². The molecule has 0 aromatic rings. The molecule has 0 amide bonds. The van der Waals surface area contributed by atoms with Crippen LogP contribution in [0.25, 0.3) is 0 Å². The molecule has 8 atom stereocenters. The summed E-state index contributed by atoms with van der Waals surface area (Å²) in [7, 11) is 0. The summed E-state index contributed by atoms with van der Waals surface area (Å²) >= 11 is 0. The molecule has 22 heavy (non-hydrogen) atoms. The second-order valence-electron chi connectivity index (χ2n) is 9.14. The quantitative estimate of drug-likeness (QED) is 0.723. The fraction of sp³-hybridized carbons (Fsp3) is 0.947. The molecule has 124 valence electrons. The number of rotatable bonds is 0. The Morgan fingerprint density at radius 2 is 1.77 bits per heavy atom. The van der Waals surface area contributed by atoms with E-state index in [1.165, 1.54) is 0 Å². The maximum Gasteiger partial charge on any atom is 0.139 e. The maximum atomic E-state index is 12.4. The Bertz CT molecular complexity index is 489. The first-order chi connectivity index (χ1) is 10.4. The van der Waals surface area contributed by atoms with Gasteiger partial charge in [-0.1, -0.05) is 13.8 Å². The first kappa shape index (κ1) is 15.1. The highest BCUT2D eigenvalue weighted by atomic mass is 16.3. The molecule has 0 aliphatic heterocycles. The van der Waals surface area contributed by atoms with Gasteiger partial charge in [-0.2, -0.15) is 0 Å². The molecule has 3 nitrogen and oxygen atoms in total. The van der Waals surface area contributed by atoms with Gasteiger partial charge in [0.15, 0.2) is 0 Å². The lowest BCUT2D eigenvalue weighted by atomic mass is 9.44. The fourth-order valence-corrected chi connectivity index (χ4v) is 6.97. The summed E-state index contributed by atoms with van der Waals surface area (Å²) in [4.78, 5) is 12.4. The van der Waals surface area contributed by atoms with Crippen molar-refractivity contribution in [2.45, 2.75) is 77.4 Å². The minimum absolute atomic E-state index is 0.167. The summed E-state index contributed by atoms with van der Waals surface area (Å²) in [5, 5.41) is 20.9. The predicted octanol–water partition coefficient (Wildman–Crippen LogP) is 2.93. The van der Waals surface area contributed by atoms with E-state index < -0.39 is 0 Å². The normalized spacial score (nSPS) is 57.9. The Morgan fingerprint density at radius 1 is 1.00 bits per heavy atom. The summed E-state index contributed by atoms with van der Waals surface area (Å²) in [6.07, 6.45) is 7.03. The third-order valence-electron chi connectivity index (χ3n) is 8.36. The molecule has 3 unspecified atom stereocenters. The van der Waals surface area contributed by atoms with Gasteiger partial charge in [0.05, 0.1) is 12.2 Å². The van der Waals surface area contributed by atoms with Crippen molar-refractivity contribution in [1.29, 1.82) is 0 Å². The van der Waals surface area contributed by atoms with Crippen LogP contribution in [0, 0.1) is 34.5 Å². The average Bonchev–Trinajstić information content (AvgIpc) is 2.77. The Balaban J connectivity index is 1.69. The summed E-state index contributed by atoms with van der Waals surface area (Å²) < 4.78 is 0. The van der Waals surface area contributed by atoms with Crippen molar-refractivity contribution in [3.63, 3.8) is 0 Å². The zero-order valence-electron chi connectivity index (χ0n) is 13.9. The lowest BCUT2D eigenvalue weighted by Crippen LogP contribution is -2.58. The number of Topliss-reactive ketones (excluding diaryl/α,β-unsaturated/α-hetero) is 1. The largest absolute Gasteiger partial charge is 0.393 e. The molecule has 4 aliphatic carbocycles. The highest BCUT2D eigenvalue weighted by Gasteiger charge is 2.62. The van der Waals surface area contributed by atoms with Crippen molar-refractivity contribution in [3.8, 4) is 0 Å².